The minimum absolute atomic E-state index is 0.100. The Bertz CT molecular complexity index is 473. The molecule has 0 radical (unpaired) electrons. The van der Waals surface area contributed by atoms with Crippen molar-refractivity contribution in [3.8, 4) is 5.75 Å². The Hall–Kier alpha value is -1.59. The van der Waals surface area contributed by atoms with Crippen LogP contribution in [0, 0.1) is 0 Å². The molecule has 1 fully saturated rings. The van der Waals surface area contributed by atoms with E-state index in [1.807, 2.05) is 31.2 Å². The minimum Gasteiger partial charge on any atom is -0.497 e. The Morgan fingerprint density at radius 1 is 1.55 bits per heavy atom. The molecule has 1 saturated heterocycles. The number of methoxy groups -OCH3 is 1. The summed E-state index contributed by atoms with van der Waals surface area (Å²) in [5.74, 6) is -0.711. The monoisotopic (exact) mass is 280 g/mol. The molecule has 1 heterocycles. The van der Waals surface area contributed by atoms with E-state index in [-0.39, 0.29) is 12.5 Å². The molecule has 1 aromatic carbocycles. The number of carboxylic acid groups (broad SMARTS) is 1. The molecule has 0 saturated carbocycles. The molecular formula is C15H20O5. The third-order valence-electron chi connectivity index (χ3n) is 3.33. The van der Waals surface area contributed by atoms with Gasteiger partial charge in [-0.1, -0.05) is 12.1 Å². The highest BCUT2D eigenvalue weighted by atomic mass is 16.7. The average Bonchev–Trinajstić information content (AvgIpc) is 2.78. The molecule has 20 heavy (non-hydrogen) atoms. The van der Waals surface area contributed by atoms with Crippen LogP contribution in [0.5, 0.6) is 5.75 Å². The van der Waals surface area contributed by atoms with Crippen molar-refractivity contribution in [3.05, 3.63) is 29.8 Å². The molecule has 5 heteroatoms. The summed E-state index contributed by atoms with van der Waals surface area (Å²) in [4.78, 5) is 10.6. The van der Waals surface area contributed by atoms with Gasteiger partial charge in [0.05, 0.1) is 19.8 Å². The fourth-order valence-electron chi connectivity index (χ4n) is 2.36. The van der Waals surface area contributed by atoms with Gasteiger partial charge in [-0.05, 0) is 31.0 Å². The van der Waals surface area contributed by atoms with Crippen molar-refractivity contribution in [2.75, 3.05) is 13.7 Å². The quantitative estimate of drug-likeness (QED) is 0.865. The topological polar surface area (TPSA) is 65.0 Å². The lowest BCUT2D eigenvalue weighted by Gasteiger charge is -2.23. The van der Waals surface area contributed by atoms with Crippen LogP contribution in [-0.2, 0) is 20.7 Å². The number of ether oxygens (including phenoxy) is 3. The van der Waals surface area contributed by atoms with Gasteiger partial charge in [0.25, 0.3) is 0 Å². The molecule has 0 aliphatic carbocycles. The summed E-state index contributed by atoms with van der Waals surface area (Å²) in [7, 11) is 1.63. The zero-order valence-corrected chi connectivity index (χ0v) is 11.8. The van der Waals surface area contributed by atoms with Gasteiger partial charge in [-0.2, -0.15) is 0 Å². The number of benzene rings is 1. The molecule has 2 unspecified atom stereocenters. The molecule has 0 bridgehead atoms. The summed E-state index contributed by atoms with van der Waals surface area (Å²) in [6.45, 7) is 2.32. The lowest BCUT2D eigenvalue weighted by molar-refractivity contribution is -0.155. The van der Waals surface area contributed by atoms with Crippen LogP contribution in [0.2, 0.25) is 0 Å². The Labute approximate surface area is 118 Å². The van der Waals surface area contributed by atoms with Gasteiger partial charge in [0.2, 0.25) is 0 Å². The zero-order valence-electron chi connectivity index (χ0n) is 11.8. The summed E-state index contributed by atoms with van der Waals surface area (Å²) >= 11 is 0. The number of carboxylic acids is 1. The largest absolute Gasteiger partial charge is 0.497 e. The van der Waals surface area contributed by atoms with Crippen molar-refractivity contribution < 1.29 is 24.1 Å². The van der Waals surface area contributed by atoms with Gasteiger partial charge in [-0.25, -0.2) is 0 Å². The smallest absolute Gasteiger partial charge is 0.303 e. The van der Waals surface area contributed by atoms with Crippen LogP contribution < -0.4 is 4.74 Å². The van der Waals surface area contributed by atoms with Crippen molar-refractivity contribution in [3.63, 3.8) is 0 Å². The van der Waals surface area contributed by atoms with Crippen LogP contribution in [0.4, 0.5) is 0 Å². The van der Waals surface area contributed by atoms with Gasteiger partial charge in [0.1, 0.15) is 5.75 Å². The minimum atomic E-state index is -0.810. The Balaban J connectivity index is 1.93. The Morgan fingerprint density at radius 3 is 3.05 bits per heavy atom. The Morgan fingerprint density at radius 2 is 2.35 bits per heavy atom. The van der Waals surface area contributed by atoms with Crippen LogP contribution >= 0.6 is 0 Å². The fraction of sp³-hybridized carbons (Fsp3) is 0.533. The normalized spacial score (nSPS) is 25.6. The average molecular weight is 280 g/mol. The van der Waals surface area contributed by atoms with E-state index in [0.29, 0.717) is 19.4 Å². The van der Waals surface area contributed by atoms with Crippen molar-refractivity contribution >= 4 is 5.97 Å². The van der Waals surface area contributed by atoms with Crippen LogP contribution in [-0.4, -0.2) is 36.7 Å². The second-order valence-electron chi connectivity index (χ2n) is 5.15. The van der Waals surface area contributed by atoms with Gasteiger partial charge >= 0.3 is 5.97 Å². The summed E-state index contributed by atoms with van der Waals surface area (Å²) < 4.78 is 16.7. The number of rotatable bonds is 6. The van der Waals surface area contributed by atoms with Gasteiger partial charge in [-0.3, -0.25) is 4.79 Å². The maximum atomic E-state index is 10.6. The van der Waals surface area contributed by atoms with Gasteiger partial charge in [-0.15, -0.1) is 0 Å². The molecule has 1 aromatic rings. The first-order chi connectivity index (χ1) is 9.50. The second-order valence-corrected chi connectivity index (χ2v) is 5.15. The lowest BCUT2D eigenvalue weighted by Crippen LogP contribution is -2.29. The van der Waals surface area contributed by atoms with E-state index in [0.717, 1.165) is 11.3 Å². The van der Waals surface area contributed by atoms with E-state index in [1.165, 1.54) is 0 Å². The SMILES string of the molecule is COc1cccc(CC2(C)OCC(CCC(=O)O)O2)c1. The predicted molar refractivity (Wildman–Crippen MR) is 72.8 cm³/mol. The lowest BCUT2D eigenvalue weighted by atomic mass is 10.1. The van der Waals surface area contributed by atoms with E-state index >= 15 is 0 Å². The first-order valence-electron chi connectivity index (χ1n) is 6.67. The first-order valence-corrected chi connectivity index (χ1v) is 6.67. The number of aliphatic carboxylic acids is 1. The van der Waals surface area contributed by atoms with Crippen LogP contribution in [0.25, 0.3) is 0 Å². The highest BCUT2D eigenvalue weighted by Crippen LogP contribution is 2.30. The van der Waals surface area contributed by atoms with Crippen molar-refractivity contribution in [1.29, 1.82) is 0 Å². The van der Waals surface area contributed by atoms with Gasteiger partial charge < -0.3 is 19.3 Å². The Kier molecular flexibility index (Phi) is 4.62. The van der Waals surface area contributed by atoms with E-state index in [4.69, 9.17) is 19.3 Å². The van der Waals surface area contributed by atoms with Crippen LogP contribution in [0.1, 0.15) is 25.3 Å². The molecule has 5 nitrogen and oxygen atoms in total. The van der Waals surface area contributed by atoms with Gasteiger partial charge in [0.15, 0.2) is 5.79 Å². The maximum Gasteiger partial charge on any atom is 0.303 e. The zero-order chi connectivity index (χ0) is 14.6. The molecule has 1 aliphatic heterocycles. The summed E-state index contributed by atoms with van der Waals surface area (Å²) in [5, 5.41) is 8.69. The van der Waals surface area contributed by atoms with Crippen molar-refractivity contribution in [1.82, 2.24) is 0 Å². The molecule has 2 rings (SSSR count). The van der Waals surface area contributed by atoms with Gasteiger partial charge in [0, 0.05) is 12.8 Å². The molecule has 1 aliphatic rings. The molecule has 0 spiro atoms. The van der Waals surface area contributed by atoms with Crippen molar-refractivity contribution in [2.24, 2.45) is 0 Å². The summed E-state index contributed by atoms with van der Waals surface area (Å²) in [5.41, 5.74) is 1.06. The van der Waals surface area contributed by atoms with E-state index in [2.05, 4.69) is 0 Å². The molecule has 2 atom stereocenters. The van der Waals surface area contributed by atoms with Crippen molar-refractivity contribution in [2.45, 2.75) is 38.1 Å². The number of hydrogen-bond acceptors (Lipinski definition) is 4. The highest BCUT2D eigenvalue weighted by Gasteiger charge is 2.37. The highest BCUT2D eigenvalue weighted by molar-refractivity contribution is 5.66. The molecule has 110 valence electrons. The molecule has 0 aromatic heterocycles. The van der Waals surface area contributed by atoms with E-state index < -0.39 is 11.8 Å². The first kappa shape index (κ1) is 14.8. The molecule has 1 N–H and O–H groups in total. The summed E-state index contributed by atoms with van der Waals surface area (Å²) in [6, 6.07) is 7.75. The fourth-order valence-corrected chi connectivity index (χ4v) is 2.36. The maximum absolute atomic E-state index is 10.6. The third kappa shape index (κ3) is 3.95. The summed E-state index contributed by atoms with van der Waals surface area (Å²) in [6.07, 6.45) is 1.03. The second kappa shape index (κ2) is 6.24. The third-order valence-corrected chi connectivity index (χ3v) is 3.33. The van der Waals surface area contributed by atoms with E-state index in [9.17, 15) is 4.79 Å². The van der Waals surface area contributed by atoms with E-state index in [1.54, 1.807) is 7.11 Å². The predicted octanol–water partition coefficient (Wildman–Crippen LogP) is 2.23. The number of carbonyl (C=O) groups is 1. The molecule has 0 amide bonds. The van der Waals surface area contributed by atoms with Crippen LogP contribution in [0.3, 0.4) is 0 Å². The van der Waals surface area contributed by atoms with Crippen LogP contribution in [0.15, 0.2) is 24.3 Å². The molecular weight excluding hydrogens is 260 g/mol. The standard InChI is InChI=1S/C15H20O5/c1-15(9-11-4-3-5-12(8-11)18-2)19-10-13(20-15)6-7-14(16)17/h3-5,8,13H,6-7,9-10H2,1-2H3,(H,16,17). The number of hydrogen-bond donors (Lipinski definition) is 1.